The Morgan fingerprint density at radius 3 is 3.00 bits per heavy atom. The Morgan fingerprint density at radius 2 is 2.21 bits per heavy atom. The minimum absolute atomic E-state index is 0.0371. The van der Waals surface area contributed by atoms with Crippen molar-refractivity contribution in [2.75, 3.05) is 19.7 Å². The third kappa shape index (κ3) is 5.00. The molecule has 148 valence electrons. The fourth-order valence-electron chi connectivity index (χ4n) is 3.35. The predicted octanol–water partition coefficient (Wildman–Crippen LogP) is 2.67. The molecule has 0 radical (unpaired) electrons. The van der Waals surface area contributed by atoms with Crippen molar-refractivity contribution in [1.29, 1.82) is 0 Å². The van der Waals surface area contributed by atoms with Crippen molar-refractivity contribution in [1.82, 2.24) is 15.2 Å². The van der Waals surface area contributed by atoms with Gasteiger partial charge in [-0.05, 0) is 49.3 Å². The smallest absolute Gasteiger partial charge is 0.407 e. The molecule has 2 aromatic rings. The number of nitrogens with zero attached hydrogens (tertiary/aromatic N) is 1. The molecule has 7 heteroatoms. The van der Waals surface area contributed by atoms with E-state index >= 15 is 0 Å². The van der Waals surface area contributed by atoms with Crippen molar-refractivity contribution < 1.29 is 14.3 Å². The molecule has 3 rings (SSSR count). The molecule has 0 aliphatic carbocycles. The number of carbonyl (C=O) groups is 2. The van der Waals surface area contributed by atoms with Crippen LogP contribution in [0.5, 0.6) is 0 Å². The summed E-state index contributed by atoms with van der Waals surface area (Å²) in [6.07, 6.45) is 7.35. The van der Waals surface area contributed by atoms with E-state index in [1.807, 2.05) is 43.3 Å². The number of aromatic nitrogens is 1. The molecule has 0 saturated carbocycles. The van der Waals surface area contributed by atoms with E-state index < -0.39 is 6.09 Å². The van der Waals surface area contributed by atoms with Crippen molar-refractivity contribution >= 4 is 28.8 Å². The Balaban J connectivity index is 1.39. The van der Waals surface area contributed by atoms with E-state index in [4.69, 9.17) is 4.74 Å². The topological polar surface area (TPSA) is 91.5 Å². The molecule has 0 bridgehead atoms. The molecule has 1 saturated heterocycles. The van der Waals surface area contributed by atoms with E-state index in [0.29, 0.717) is 11.8 Å². The van der Waals surface area contributed by atoms with Crippen molar-refractivity contribution in [3.8, 4) is 0 Å². The molecule has 2 amide bonds. The summed E-state index contributed by atoms with van der Waals surface area (Å²) in [6.45, 7) is 2.94. The minimum atomic E-state index is -0.592. The number of fused-ring (bicyclic) bond motifs is 1. The van der Waals surface area contributed by atoms with Gasteiger partial charge in [0.05, 0.1) is 6.61 Å². The summed E-state index contributed by atoms with van der Waals surface area (Å²) in [6, 6.07) is 7.74. The Kier molecular flexibility index (Phi) is 6.47. The highest BCUT2D eigenvalue weighted by Crippen LogP contribution is 2.16. The van der Waals surface area contributed by atoms with Gasteiger partial charge in [0.2, 0.25) is 5.91 Å². The number of hydrogen-bond acceptors (Lipinski definition) is 4. The van der Waals surface area contributed by atoms with Gasteiger partial charge < -0.3 is 19.9 Å². The molecule has 1 aliphatic rings. The van der Waals surface area contributed by atoms with Crippen LogP contribution in [0, 0.1) is 0 Å². The Morgan fingerprint density at radius 1 is 1.36 bits per heavy atom. The molecule has 1 aliphatic heterocycles. The van der Waals surface area contributed by atoms with Gasteiger partial charge in [0.25, 0.3) is 5.56 Å². The van der Waals surface area contributed by atoms with E-state index in [-0.39, 0.29) is 30.7 Å². The molecule has 1 aromatic carbocycles. The average Bonchev–Trinajstić information content (AvgIpc) is 3.12. The van der Waals surface area contributed by atoms with Gasteiger partial charge in [0.15, 0.2) is 0 Å². The van der Waals surface area contributed by atoms with Crippen molar-refractivity contribution in [2.45, 2.75) is 32.2 Å². The molecule has 7 nitrogen and oxygen atoms in total. The largest absolute Gasteiger partial charge is 0.449 e. The van der Waals surface area contributed by atoms with Gasteiger partial charge >= 0.3 is 6.09 Å². The predicted molar refractivity (Wildman–Crippen MR) is 108 cm³/mol. The molecular formula is C21H25N3O4. The third-order valence-electron chi connectivity index (χ3n) is 4.88. The Hall–Kier alpha value is -3.09. The first kappa shape index (κ1) is 19.7. The molecule has 1 atom stereocenters. The monoisotopic (exact) mass is 383 g/mol. The van der Waals surface area contributed by atoms with Crippen LogP contribution < -0.4 is 10.9 Å². The SMILES string of the molecule is CC1CCCN1C(=O)CNC(=O)OCC/C=C/c1ccc2cc[nH]c(=O)c2c1. The number of ether oxygens (including phenoxy) is 1. The summed E-state index contributed by atoms with van der Waals surface area (Å²) in [5, 5.41) is 4.02. The molecular weight excluding hydrogens is 358 g/mol. The molecule has 1 unspecified atom stereocenters. The number of hydrogen-bond donors (Lipinski definition) is 2. The van der Waals surface area contributed by atoms with Crippen LogP contribution in [0.1, 0.15) is 31.7 Å². The van der Waals surface area contributed by atoms with Crippen LogP contribution in [0.4, 0.5) is 4.79 Å². The molecule has 1 fully saturated rings. The van der Waals surface area contributed by atoms with Crippen LogP contribution in [0.3, 0.4) is 0 Å². The summed E-state index contributed by atoms with van der Waals surface area (Å²) in [7, 11) is 0. The number of benzene rings is 1. The van der Waals surface area contributed by atoms with Gasteiger partial charge in [-0.15, -0.1) is 0 Å². The van der Waals surface area contributed by atoms with Crippen molar-refractivity contribution in [3.63, 3.8) is 0 Å². The zero-order valence-electron chi connectivity index (χ0n) is 15.9. The second kappa shape index (κ2) is 9.21. The lowest BCUT2D eigenvalue weighted by atomic mass is 10.1. The van der Waals surface area contributed by atoms with E-state index in [1.54, 1.807) is 11.1 Å². The van der Waals surface area contributed by atoms with Crippen LogP contribution in [-0.4, -0.2) is 47.6 Å². The quantitative estimate of drug-likeness (QED) is 0.750. The summed E-state index contributed by atoms with van der Waals surface area (Å²) >= 11 is 0. The molecule has 2 heterocycles. The molecule has 1 aromatic heterocycles. The maximum atomic E-state index is 12.0. The number of carbonyl (C=O) groups excluding carboxylic acids is 2. The van der Waals surface area contributed by atoms with Gasteiger partial charge in [0, 0.05) is 24.2 Å². The highest BCUT2D eigenvalue weighted by atomic mass is 16.5. The number of pyridine rings is 1. The van der Waals surface area contributed by atoms with Gasteiger partial charge in [0.1, 0.15) is 6.54 Å². The van der Waals surface area contributed by atoms with Gasteiger partial charge in [-0.2, -0.15) is 0 Å². The zero-order chi connectivity index (χ0) is 19.9. The van der Waals surface area contributed by atoms with Gasteiger partial charge in [-0.25, -0.2) is 4.79 Å². The molecule has 28 heavy (non-hydrogen) atoms. The van der Waals surface area contributed by atoms with Crippen molar-refractivity contribution in [3.05, 3.63) is 52.5 Å². The van der Waals surface area contributed by atoms with E-state index in [1.165, 1.54) is 0 Å². The maximum Gasteiger partial charge on any atom is 0.407 e. The lowest BCUT2D eigenvalue weighted by molar-refractivity contribution is -0.130. The number of aromatic amines is 1. The van der Waals surface area contributed by atoms with Gasteiger partial charge in [-0.1, -0.05) is 24.3 Å². The summed E-state index contributed by atoms with van der Waals surface area (Å²) < 4.78 is 5.08. The lowest BCUT2D eigenvalue weighted by Gasteiger charge is -2.21. The highest BCUT2D eigenvalue weighted by Gasteiger charge is 2.24. The lowest BCUT2D eigenvalue weighted by Crippen LogP contribution is -2.41. The highest BCUT2D eigenvalue weighted by molar-refractivity contribution is 5.84. The second-order valence-electron chi connectivity index (χ2n) is 6.91. The number of nitrogens with one attached hydrogen (secondary N) is 2. The zero-order valence-corrected chi connectivity index (χ0v) is 15.9. The van der Waals surface area contributed by atoms with E-state index in [0.717, 1.165) is 30.3 Å². The average molecular weight is 383 g/mol. The number of likely N-dealkylation sites (tertiary alicyclic amines) is 1. The van der Waals surface area contributed by atoms with E-state index in [9.17, 15) is 14.4 Å². The molecule has 2 N–H and O–H groups in total. The fourth-order valence-corrected chi connectivity index (χ4v) is 3.35. The normalized spacial score (nSPS) is 16.6. The number of H-pyrrole nitrogens is 1. The van der Waals surface area contributed by atoms with Crippen molar-refractivity contribution in [2.24, 2.45) is 0 Å². The van der Waals surface area contributed by atoms with Crippen LogP contribution in [0.25, 0.3) is 16.8 Å². The van der Waals surface area contributed by atoms with Crippen LogP contribution in [0.15, 0.2) is 41.3 Å². The fraction of sp³-hybridized carbons (Fsp3) is 0.381. The Bertz CT molecular complexity index is 935. The maximum absolute atomic E-state index is 12.0. The first-order valence-electron chi connectivity index (χ1n) is 9.52. The van der Waals surface area contributed by atoms with Crippen LogP contribution >= 0.6 is 0 Å². The van der Waals surface area contributed by atoms with Crippen LogP contribution in [-0.2, 0) is 9.53 Å². The minimum Gasteiger partial charge on any atom is -0.449 e. The van der Waals surface area contributed by atoms with E-state index in [2.05, 4.69) is 10.3 Å². The summed E-state index contributed by atoms with van der Waals surface area (Å²) in [5.41, 5.74) is 0.782. The first-order chi connectivity index (χ1) is 13.5. The van der Waals surface area contributed by atoms with Gasteiger partial charge in [-0.3, -0.25) is 9.59 Å². The van der Waals surface area contributed by atoms with Crippen LogP contribution in [0.2, 0.25) is 0 Å². The first-order valence-corrected chi connectivity index (χ1v) is 9.52. The number of amides is 2. The summed E-state index contributed by atoms with van der Waals surface area (Å²) in [4.78, 5) is 40.0. The third-order valence-corrected chi connectivity index (χ3v) is 4.88. The Labute approximate surface area is 163 Å². The second-order valence-corrected chi connectivity index (χ2v) is 6.91. The summed E-state index contributed by atoms with van der Waals surface area (Å²) in [5.74, 6) is -0.0758. The standard InChI is InChI=1S/C21H25N3O4/c1-15-5-4-11-24(15)19(25)14-23-21(27)28-12-3-2-6-16-7-8-17-9-10-22-20(26)18(17)13-16/h2,6-10,13,15H,3-5,11-12,14H2,1H3,(H,22,26)(H,23,27)/b6-2+. The number of alkyl carbamates (subject to hydrolysis) is 1. The molecule has 0 spiro atoms. The number of rotatable bonds is 6.